The number of rotatable bonds is 10. The molecule has 27 heavy (non-hydrogen) atoms. The van der Waals surface area contributed by atoms with Crippen LogP contribution in [0, 0.1) is 0 Å². The molecule has 3 rings (SSSR count). The van der Waals surface area contributed by atoms with Crippen molar-refractivity contribution in [3.05, 3.63) is 53.6 Å². The van der Waals surface area contributed by atoms with Crippen LogP contribution in [-0.4, -0.2) is 5.97 Å². The number of hydrogen-bond acceptors (Lipinski definition) is 2. The molecule has 1 atom stereocenters. The van der Waals surface area contributed by atoms with Gasteiger partial charge >= 0.3 is 5.97 Å². The van der Waals surface area contributed by atoms with E-state index in [-0.39, 0.29) is 12.1 Å². The van der Waals surface area contributed by atoms with Crippen LogP contribution in [-0.2, 0) is 9.53 Å². The van der Waals surface area contributed by atoms with Crippen LogP contribution in [0.15, 0.2) is 42.5 Å². The van der Waals surface area contributed by atoms with Gasteiger partial charge in [0, 0.05) is 12.0 Å². The summed E-state index contributed by atoms with van der Waals surface area (Å²) in [5.74, 6) is -0.0726. The van der Waals surface area contributed by atoms with E-state index in [1.807, 2.05) is 0 Å². The lowest BCUT2D eigenvalue weighted by Crippen LogP contribution is -2.13. The van der Waals surface area contributed by atoms with Gasteiger partial charge in [-0.05, 0) is 40.8 Å². The monoisotopic (exact) mass is 364 g/mol. The molecule has 2 aromatic rings. The van der Waals surface area contributed by atoms with Crippen molar-refractivity contribution >= 4 is 22.3 Å². The fraction of sp³-hybridized carbons (Fsp3) is 0.480. The van der Waals surface area contributed by atoms with E-state index in [1.165, 1.54) is 54.0 Å². The molecule has 0 radical (unpaired) electrons. The molecule has 0 saturated carbocycles. The van der Waals surface area contributed by atoms with E-state index in [0.29, 0.717) is 6.42 Å². The van der Waals surface area contributed by atoms with E-state index in [9.17, 15) is 4.79 Å². The Morgan fingerprint density at radius 3 is 2.37 bits per heavy atom. The minimum atomic E-state index is -0.254. The molecule has 2 heteroatoms. The lowest BCUT2D eigenvalue weighted by molar-refractivity contribution is -0.147. The molecule has 0 N–H and O–H groups in total. The molecule has 0 aromatic heterocycles. The summed E-state index contributed by atoms with van der Waals surface area (Å²) in [5.41, 5.74) is 3.67. The van der Waals surface area contributed by atoms with E-state index in [1.54, 1.807) is 0 Å². The number of hydrogen-bond donors (Lipinski definition) is 0. The van der Waals surface area contributed by atoms with Crippen molar-refractivity contribution in [1.82, 2.24) is 0 Å². The van der Waals surface area contributed by atoms with Gasteiger partial charge in [-0.2, -0.15) is 0 Å². The van der Waals surface area contributed by atoms with Crippen LogP contribution >= 0.6 is 0 Å². The molecular weight excluding hydrogens is 332 g/mol. The van der Waals surface area contributed by atoms with Crippen LogP contribution in [0.2, 0.25) is 0 Å². The summed E-state index contributed by atoms with van der Waals surface area (Å²) in [6, 6.07) is 12.7. The molecule has 144 valence electrons. The maximum Gasteiger partial charge on any atom is 0.306 e. The smallest absolute Gasteiger partial charge is 0.306 e. The summed E-state index contributed by atoms with van der Waals surface area (Å²) in [5, 5.41) is 2.46. The summed E-state index contributed by atoms with van der Waals surface area (Å²) in [4.78, 5) is 12.4. The summed E-state index contributed by atoms with van der Waals surface area (Å²) in [6.07, 6.45) is 11.8. The summed E-state index contributed by atoms with van der Waals surface area (Å²) < 4.78 is 5.90. The van der Waals surface area contributed by atoms with Crippen molar-refractivity contribution in [1.29, 1.82) is 0 Å². The van der Waals surface area contributed by atoms with Gasteiger partial charge in [0.1, 0.15) is 6.10 Å². The first kappa shape index (κ1) is 19.7. The third-order valence-electron chi connectivity index (χ3n) is 5.57. The fourth-order valence-electron chi connectivity index (χ4n) is 4.07. The molecule has 0 amide bonds. The highest BCUT2D eigenvalue weighted by molar-refractivity contribution is 5.98. The highest BCUT2D eigenvalue weighted by Crippen LogP contribution is 2.40. The van der Waals surface area contributed by atoms with Gasteiger partial charge in [0.2, 0.25) is 0 Å². The molecular formula is C25H32O2. The molecule has 0 aliphatic heterocycles. The Labute approximate surface area is 163 Å². The number of carbonyl (C=O) groups is 1. The van der Waals surface area contributed by atoms with E-state index in [0.717, 1.165) is 24.8 Å². The normalized spacial score (nSPS) is 15.6. The van der Waals surface area contributed by atoms with E-state index in [2.05, 4.69) is 56.3 Å². The second-order valence-electron chi connectivity index (χ2n) is 7.58. The highest BCUT2D eigenvalue weighted by atomic mass is 16.5. The Balaban J connectivity index is 1.61. The second-order valence-corrected chi connectivity index (χ2v) is 7.58. The van der Waals surface area contributed by atoms with Gasteiger partial charge in [0.15, 0.2) is 0 Å². The minimum absolute atomic E-state index is 0.0726. The first-order valence-electron chi connectivity index (χ1n) is 10.7. The van der Waals surface area contributed by atoms with Crippen LogP contribution in [0.4, 0.5) is 0 Å². The van der Waals surface area contributed by atoms with Crippen LogP contribution < -0.4 is 0 Å². The van der Waals surface area contributed by atoms with Gasteiger partial charge in [0.25, 0.3) is 0 Å². The summed E-state index contributed by atoms with van der Waals surface area (Å²) >= 11 is 0. The van der Waals surface area contributed by atoms with Crippen molar-refractivity contribution in [2.45, 2.75) is 77.7 Å². The van der Waals surface area contributed by atoms with Crippen molar-refractivity contribution < 1.29 is 9.53 Å². The first-order valence-corrected chi connectivity index (χ1v) is 10.7. The van der Waals surface area contributed by atoms with Crippen molar-refractivity contribution in [3.8, 4) is 0 Å². The molecule has 1 unspecified atom stereocenters. The topological polar surface area (TPSA) is 26.3 Å². The average molecular weight is 365 g/mol. The summed E-state index contributed by atoms with van der Waals surface area (Å²) in [7, 11) is 0. The van der Waals surface area contributed by atoms with Gasteiger partial charge in [-0.1, -0.05) is 88.8 Å². The molecule has 0 spiro atoms. The van der Waals surface area contributed by atoms with Gasteiger partial charge in [0.05, 0.1) is 0 Å². The Morgan fingerprint density at radius 1 is 0.926 bits per heavy atom. The SMILES string of the molecule is CCCCCCCCCC(=O)OC1C=C(CC)c2cccc3cccc1c23. The van der Waals surface area contributed by atoms with E-state index < -0.39 is 0 Å². The molecule has 0 fully saturated rings. The minimum Gasteiger partial charge on any atom is -0.453 e. The van der Waals surface area contributed by atoms with Crippen LogP contribution in [0.25, 0.3) is 16.3 Å². The second kappa shape index (κ2) is 9.73. The summed E-state index contributed by atoms with van der Waals surface area (Å²) in [6.45, 7) is 4.40. The molecule has 0 saturated heterocycles. The number of benzene rings is 2. The highest BCUT2D eigenvalue weighted by Gasteiger charge is 2.24. The quantitative estimate of drug-likeness (QED) is 0.325. The number of allylic oxidation sites excluding steroid dienone is 1. The van der Waals surface area contributed by atoms with Gasteiger partial charge < -0.3 is 4.74 Å². The Hall–Kier alpha value is -2.09. The first-order chi connectivity index (χ1) is 13.2. The van der Waals surface area contributed by atoms with Crippen molar-refractivity contribution in [2.75, 3.05) is 0 Å². The third kappa shape index (κ3) is 4.80. The van der Waals surface area contributed by atoms with Crippen LogP contribution in [0.3, 0.4) is 0 Å². The van der Waals surface area contributed by atoms with Crippen molar-refractivity contribution in [2.24, 2.45) is 0 Å². The lowest BCUT2D eigenvalue weighted by Gasteiger charge is -2.25. The third-order valence-corrected chi connectivity index (χ3v) is 5.57. The maximum absolute atomic E-state index is 12.4. The van der Waals surface area contributed by atoms with E-state index >= 15 is 0 Å². The zero-order valence-corrected chi connectivity index (χ0v) is 16.8. The van der Waals surface area contributed by atoms with Crippen LogP contribution in [0.1, 0.15) is 88.9 Å². The van der Waals surface area contributed by atoms with E-state index in [4.69, 9.17) is 4.74 Å². The number of ether oxygens (including phenoxy) is 1. The number of unbranched alkanes of at least 4 members (excludes halogenated alkanes) is 6. The van der Waals surface area contributed by atoms with Gasteiger partial charge in [-0.3, -0.25) is 4.79 Å². The Bertz CT molecular complexity index is 798. The molecule has 0 heterocycles. The molecule has 1 aliphatic carbocycles. The predicted octanol–water partition coefficient (Wildman–Crippen LogP) is 7.37. The van der Waals surface area contributed by atoms with Gasteiger partial charge in [-0.25, -0.2) is 0 Å². The fourth-order valence-corrected chi connectivity index (χ4v) is 4.07. The maximum atomic E-state index is 12.4. The van der Waals surface area contributed by atoms with Crippen LogP contribution in [0.5, 0.6) is 0 Å². The largest absolute Gasteiger partial charge is 0.453 e. The zero-order valence-electron chi connectivity index (χ0n) is 16.8. The average Bonchev–Trinajstić information content (AvgIpc) is 2.69. The predicted molar refractivity (Wildman–Crippen MR) is 114 cm³/mol. The standard InChI is InChI=1S/C25H32O2/c1-3-5-6-7-8-9-10-17-24(26)27-23-18-19(4-2)21-15-11-13-20-14-12-16-22(23)25(20)21/h11-16,18,23H,3-10,17H2,1-2H3. The molecule has 2 nitrogen and oxygen atoms in total. The molecule has 2 aromatic carbocycles. The number of esters is 1. The van der Waals surface area contributed by atoms with Crippen molar-refractivity contribution in [3.63, 3.8) is 0 Å². The zero-order chi connectivity index (χ0) is 19.1. The molecule has 1 aliphatic rings. The number of carbonyl (C=O) groups excluding carboxylic acids is 1. The Morgan fingerprint density at radius 2 is 1.63 bits per heavy atom. The Kier molecular flexibility index (Phi) is 7.09. The van der Waals surface area contributed by atoms with Gasteiger partial charge in [-0.15, -0.1) is 0 Å². The lowest BCUT2D eigenvalue weighted by atomic mass is 9.86. The molecule has 0 bridgehead atoms.